The van der Waals surface area contributed by atoms with Crippen molar-refractivity contribution >= 4 is 23.8 Å². The van der Waals surface area contributed by atoms with Crippen molar-refractivity contribution in [2.45, 2.75) is 44.7 Å². The summed E-state index contributed by atoms with van der Waals surface area (Å²) in [7, 11) is 0. The van der Waals surface area contributed by atoms with Crippen LogP contribution < -0.4 is 10.6 Å². The SMILES string of the molecule is CC(C)C[C@@H](NC(=O)CN1C(=O)NC2(CCc3ccccc32)C1=O)C(=O)O. The number of hydrogen-bond donors (Lipinski definition) is 3. The van der Waals surface area contributed by atoms with Crippen molar-refractivity contribution in [2.24, 2.45) is 5.92 Å². The highest BCUT2D eigenvalue weighted by Gasteiger charge is 2.55. The Morgan fingerprint density at radius 2 is 2.00 bits per heavy atom. The number of benzene rings is 1. The molecule has 0 aromatic heterocycles. The first-order valence-electron chi connectivity index (χ1n) is 8.99. The molecule has 144 valence electrons. The van der Waals surface area contributed by atoms with Crippen molar-refractivity contribution in [1.82, 2.24) is 15.5 Å². The van der Waals surface area contributed by atoms with Crippen LogP contribution in [0, 0.1) is 5.92 Å². The van der Waals surface area contributed by atoms with Crippen LogP contribution in [-0.2, 0) is 26.3 Å². The minimum atomic E-state index is -1.14. The Labute approximate surface area is 156 Å². The van der Waals surface area contributed by atoms with Gasteiger partial charge in [-0.15, -0.1) is 0 Å². The molecule has 0 saturated carbocycles. The Bertz CT molecular complexity index is 806. The zero-order chi connectivity index (χ0) is 19.8. The normalized spacial score (nSPS) is 22.1. The van der Waals surface area contributed by atoms with Gasteiger partial charge in [-0.2, -0.15) is 0 Å². The molecule has 1 aliphatic carbocycles. The highest BCUT2D eigenvalue weighted by molar-refractivity contribution is 6.10. The van der Waals surface area contributed by atoms with Crippen molar-refractivity contribution in [3.63, 3.8) is 0 Å². The standard InChI is InChI=1S/C19H23N3O5/c1-11(2)9-14(16(24)25)20-15(23)10-22-17(26)19(21-18(22)27)8-7-12-5-3-4-6-13(12)19/h3-6,11,14H,7-10H2,1-2H3,(H,20,23)(H,21,27)(H,24,25)/t14-,19?/m1/s1. The summed E-state index contributed by atoms with van der Waals surface area (Å²) in [6.07, 6.45) is 1.37. The Morgan fingerprint density at radius 1 is 1.30 bits per heavy atom. The van der Waals surface area contributed by atoms with Crippen LogP contribution in [0.25, 0.3) is 0 Å². The molecule has 2 aliphatic rings. The van der Waals surface area contributed by atoms with Crippen LogP contribution in [0.4, 0.5) is 4.79 Å². The molecule has 27 heavy (non-hydrogen) atoms. The Balaban J connectivity index is 1.73. The third-order valence-electron chi connectivity index (χ3n) is 5.06. The Morgan fingerprint density at radius 3 is 2.67 bits per heavy atom. The van der Waals surface area contributed by atoms with Gasteiger partial charge in [-0.3, -0.25) is 14.5 Å². The molecule has 4 amide bonds. The van der Waals surface area contributed by atoms with Crippen molar-refractivity contribution in [3.05, 3.63) is 35.4 Å². The van der Waals surface area contributed by atoms with Crippen molar-refractivity contribution in [3.8, 4) is 0 Å². The van der Waals surface area contributed by atoms with Crippen molar-refractivity contribution in [2.75, 3.05) is 6.54 Å². The summed E-state index contributed by atoms with van der Waals surface area (Å²) in [5.74, 6) is -2.21. The molecule has 8 nitrogen and oxygen atoms in total. The summed E-state index contributed by atoms with van der Waals surface area (Å²) in [5, 5.41) is 14.4. The Kier molecular flexibility index (Phi) is 4.91. The summed E-state index contributed by atoms with van der Waals surface area (Å²) in [5.41, 5.74) is 0.632. The summed E-state index contributed by atoms with van der Waals surface area (Å²) >= 11 is 0. The number of carboxylic acids is 1. The number of nitrogens with one attached hydrogen (secondary N) is 2. The molecule has 1 aliphatic heterocycles. The van der Waals surface area contributed by atoms with Crippen LogP contribution in [0.15, 0.2) is 24.3 Å². The number of carbonyl (C=O) groups is 4. The predicted octanol–water partition coefficient (Wildman–Crippen LogP) is 0.995. The van der Waals surface area contributed by atoms with Gasteiger partial charge in [0.05, 0.1) is 0 Å². The Hall–Kier alpha value is -2.90. The van der Waals surface area contributed by atoms with E-state index in [1.165, 1.54) is 0 Å². The number of carboxylic acid groups (broad SMARTS) is 1. The second-order valence-corrected chi connectivity index (χ2v) is 7.47. The molecule has 0 bridgehead atoms. The van der Waals surface area contributed by atoms with E-state index in [1.807, 2.05) is 38.1 Å². The first-order chi connectivity index (χ1) is 12.7. The summed E-state index contributed by atoms with van der Waals surface area (Å²) in [4.78, 5) is 49.8. The number of hydrogen-bond acceptors (Lipinski definition) is 4. The third-order valence-corrected chi connectivity index (χ3v) is 5.06. The van der Waals surface area contributed by atoms with Crippen molar-refractivity contribution < 1.29 is 24.3 Å². The fourth-order valence-electron chi connectivity index (χ4n) is 3.81. The molecule has 1 aromatic carbocycles. The molecule has 3 rings (SSSR count). The number of nitrogens with zero attached hydrogens (tertiary/aromatic N) is 1. The van der Waals surface area contributed by atoms with Crippen LogP contribution in [0.3, 0.4) is 0 Å². The number of aryl methyl sites for hydroxylation is 1. The zero-order valence-corrected chi connectivity index (χ0v) is 15.3. The first kappa shape index (κ1) is 18.9. The maximum Gasteiger partial charge on any atom is 0.326 e. The van der Waals surface area contributed by atoms with Crippen molar-refractivity contribution in [1.29, 1.82) is 0 Å². The molecule has 2 atom stereocenters. The zero-order valence-electron chi connectivity index (χ0n) is 15.3. The highest BCUT2D eigenvalue weighted by Crippen LogP contribution is 2.41. The van der Waals surface area contributed by atoms with Gasteiger partial charge in [0, 0.05) is 0 Å². The molecule has 1 fully saturated rings. The van der Waals surface area contributed by atoms with Crippen LogP contribution in [0.2, 0.25) is 0 Å². The summed E-state index contributed by atoms with van der Waals surface area (Å²) in [6, 6.07) is 5.73. The van der Waals surface area contributed by atoms with Gasteiger partial charge >= 0.3 is 12.0 Å². The van der Waals surface area contributed by atoms with Gasteiger partial charge in [-0.05, 0) is 36.3 Å². The topological polar surface area (TPSA) is 116 Å². The highest BCUT2D eigenvalue weighted by atomic mass is 16.4. The number of amides is 4. The average molecular weight is 373 g/mol. The van der Waals surface area contributed by atoms with E-state index < -0.39 is 41.9 Å². The van der Waals surface area contributed by atoms with E-state index in [1.54, 1.807) is 0 Å². The van der Waals surface area contributed by atoms with E-state index in [4.69, 9.17) is 0 Å². The van der Waals surface area contributed by atoms with Crippen LogP contribution >= 0.6 is 0 Å². The lowest BCUT2D eigenvalue weighted by molar-refractivity contribution is -0.142. The van der Waals surface area contributed by atoms with E-state index in [2.05, 4.69) is 10.6 Å². The first-order valence-corrected chi connectivity index (χ1v) is 8.99. The van der Waals surface area contributed by atoms with Gasteiger partial charge in [0.2, 0.25) is 5.91 Å². The molecule has 1 unspecified atom stereocenters. The number of fused-ring (bicyclic) bond motifs is 2. The molecule has 1 aromatic rings. The minimum absolute atomic E-state index is 0.0707. The van der Waals surface area contributed by atoms with E-state index in [-0.39, 0.29) is 12.3 Å². The number of aliphatic carboxylic acids is 1. The average Bonchev–Trinajstić information content (AvgIpc) is 3.08. The van der Waals surface area contributed by atoms with Gasteiger partial charge < -0.3 is 15.7 Å². The molecule has 1 heterocycles. The molecule has 0 radical (unpaired) electrons. The van der Waals surface area contributed by atoms with Gasteiger partial charge in [0.25, 0.3) is 5.91 Å². The fourth-order valence-corrected chi connectivity index (χ4v) is 3.81. The summed E-state index contributed by atoms with van der Waals surface area (Å²) < 4.78 is 0. The largest absolute Gasteiger partial charge is 0.480 e. The van der Waals surface area contributed by atoms with E-state index in [0.29, 0.717) is 12.8 Å². The lowest BCUT2D eigenvalue weighted by atomic mass is 9.92. The number of urea groups is 1. The fraction of sp³-hybridized carbons (Fsp3) is 0.474. The number of rotatable bonds is 6. The van der Waals surface area contributed by atoms with Crippen LogP contribution in [-0.4, -0.2) is 46.4 Å². The lowest BCUT2D eigenvalue weighted by Gasteiger charge is -2.22. The maximum atomic E-state index is 13.0. The van der Waals surface area contributed by atoms with Gasteiger partial charge in [-0.1, -0.05) is 38.1 Å². The van der Waals surface area contributed by atoms with Gasteiger partial charge in [-0.25, -0.2) is 9.59 Å². The van der Waals surface area contributed by atoms with Gasteiger partial charge in [0.15, 0.2) is 0 Å². The number of imide groups is 1. The van der Waals surface area contributed by atoms with E-state index in [9.17, 15) is 24.3 Å². The molecular formula is C19H23N3O5. The second-order valence-electron chi connectivity index (χ2n) is 7.47. The second kappa shape index (κ2) is 7.02. The quantitative estimate of drug-likeness (QED) is 0.643. The third kappa shape index (κ3) is 3.39. The molecule has 8 heteroatoms. The molecule has 1 spiro atoms. The van der Waals surface area contributed by atoms with E-state index in [0.717, 1.165) is 16.0 Å². The van der Waals surface area contributed by atoms with Crippen LogP contribution in [0.1, 0.15) is 37.8 Å². The minimum Gasteiger partial charge on any atom is -0.480 e. The lowest BCUT2D eigenvalue weighted by Crippen LogP contribution is -2.48. The van der Waals surface area contributed by atoms with Gasteiger partial charge in [0.1, 0.15) is 18.1 Å². The van der Waals surface area contributed by atoms with Crippen LogP contribution in [0.5, 0.6) is 0 Å². The molecule has 1 saturated heterocycles. The smallest absolute Gasteiger partial charge is 0.326 e. The number of carbonyl (C=O) groups excluding carboxylic acids is 3. The van der Waals surface area contributed by atoms with E-state index >= 15 is 0 Å². The maximum absolute atomic E-state index is 13.0. The monoisotopic (exact) mass is 373 g/mol. The molecule has 3 N–H and O–H groups in total. The summed E-state index contributed by atoms with van der Waals surface area (Å²) in [6.45, 7) is 3.19. The predicted molar refractivity (Wildman–Crippen MR) is 95.7 cm³/mol. The molecular weight excluding hydrogens is 350 g/mol.